The van der Waals surface area contributed by atoms with Crippen LogP contribution in [0.4, 0.5) is 5.00 Å². The summed E-state index contributed by atoms with van der Waals surface area (Å²) in [4.78, 5) is 10.8. The lowest BCUT2D eigenvalue weighted by molar-refractivity contribution is -0.141. The van der Waals surface area contributed by atoms with E-state index in [1.54, 1.807) is 6.92 Å². The molecule has 2 N–H and O–H groups in total. The molecule has 0 aliphatic carbocycles. The second-order valence-electron chi connectivity index (χ2n) is 5.24. The first kappa shape index (κ1) is 14.8. The molecule has 108 valence electrons. The smallest absolute Gasteiger partial charge is 0.306 e. The minimum Gasteiger partial charge on any atom is -0.481 e. The summed E-state index contributed by atoms with van der Waals surface area (Å²) in [5.74, 6) is -0.967. The van der Waals surface area contributed by atoms with E-state index in [1.165, 1.54) is 11.5 Å². The Bertz CT molecular complexity index is 582. The molecule has 0 fully saturated rings. The van der Waals surface area contributed by atoms with E-state index in [2.05, 4.69) is 22.7 Å². The number of carbonyl (C=O) groups is 1. The van der Waals surface area contributed by atoms with Crippen LogP contribution in [0, 0.1) is 5.92 Å². The molecule has 0 saturated carbocycles. The molecule has 2 atom stereocenters. The zero-order valence-corrected chi connectivity index (χ0v) is 12.6. The van der Waals surface area contributed by atoms with Crippen molar-refractivity contribution in [3.8, 4) is 0 Å². The van der Waals surface area contributed by atoms with E-state index in [0.717, 1.165) is 35.2 Å². The fraction of sp³-hybridized carbons (Fsp3) is 0.467. The highest BCUT2D eigenvalue weighted by Crippen LogP contribution is 2.28. The van der Waals surface area contributed by atoms with Gasteiger partial charge < -0.3 is 10.4 Å². The van der Waals surface area contributed by atoms with E-state index in [9.17, 15) is 4.79 Å². The fourth-order valence-electron chi connectivity index (χ4n) is 2.14. The zero-order valence-electron chi connectivity index (χ0n) is 11.8. The first-order valence-electron chi connectivity index (χ1n) is 6.91. The predicted octanol–water partition coefficient (Wildman–Crippen LogP) is 3.99. The highest BCUT2D eigenvalue weighted by Gasteiger charge is 2.12. The summed E-state index contributed by atoms with van der Waals surface area (Å²) in [6, 6.07) is 8.40. The Balaban J connectivity index is 1.85. The molecule has 0 saturated heterocycles. The number of carboxylic acids is 1. The molecule has 0 aliphatic heterocycles. The molecular formula is C15H20N2O2S. The Morgan fingerprint density at radius 2 is 2.10 bits per heavy atom. The van der Waals surface area contributed by atoms with Gasteiger partial charge in [-0.25, -0.2) is 0 Å². The van der Waals surface area contributed by atoms with Crippen molar-refractivity contribution in [2.24, 2.45) is 5.92 Å². The number of anilines is 1. The lowest BCUT2D eigenvalue weighted by atomic mass is 10.0. The molecule has 0 bridgehead atoms. The number of aromatic nitrogens is 1. The van der Waals surface area contributed by atoms with Crippen LogP contribution in [0.2, 0.25) is 0 Å². The Morgan fingerprint density at radius 1 is 1.35 bits per heavy atom. The number of carboxylic acid groups (broad SMARTS) is 1. The zero-order chi connectivity index (χ0) is 14.5. The monoisotopic (exact) mass is 292 g/mol. The van der Waals surface area contributed by atoms with Gasteiger partial charge in [0.25, 0.3) is 0 Å². The van der Waals surface area contributed by atoms with Crippen LogP contribution in [0.25, 0.3) is 10.9 Å². The van der Waals surface area contributed by atoms with E-state index in [1.807, 2.05) is 18.2 Å². The molecule has 2 rings (SSSR count). The highest BCUT2D eigenvalue weighted by molar-refractivity contribution is 7.11. The Labute approximate surface area is 123 Å². The first-order chi connectivity index (χ1) is 9.58. The van der Waals surface area contributed by atoms with Crippen LogP contribution in [0.5, 0.6) is 0 Å². The maximum absolute atomic E-state index is 10.8. The Kier molecular flexibility index (Phi) is 4.95. The summed E-state index contributed by atoms with van der Waals surface area (Å²) in [5, 5.41) is 14.6. The van der Waals surface area contributed by atoms with Gasteiger partial charge in [0.1, 0.15) is 5.00 Å². The van der Waals surface area contributed by atoms with Gasteiger partial charge in [-0.05, 0) is 43.4 Å². The van der Waals surface area contributed by atoms with Gasteiger partial charge in [-0.3, -0.25) is 4.79 Å². The number of benzene rings is 1. The Hall–Kier alpha value is -1.62. The summed E-state index contributed by atoms with van der Waals surface area (Å²) < 4.78 is 4.40. The maximum Gasteiger partial charge on any atom is 0.306 e. The third-order valence-electron chi connectivity index (χ3n) is 3.46. The molecule has 0 amide bonds. The van der Waals surface area contributed by atoms with Crippen molar-refractivity contribution in [2.45, 2.75) is 39.2 Å². The predicted molar refractivity (Wildman–Crippen MR) is 83.4 cm³/mol. The van der Waals surface area contributed by atoms with Gasteiger partial charge in [0.05, 0.1) is 11.4 Å². The van der Waals surface area contributed by atoms with Crippen LogP contribution in [0.15, 0.2) is 24.3 Å². The molecule has 2 unspecified atom stereocenters. The van der Waals surface area contributed by atoms with Crippen molar-refractivity contribution in [2.75, 3.05) is 5.32 Å². The molecule has 0 radical (unpaired) electrons. The summed E-state index contributed by atoms with van der Waals surface area (Å²) in [5.41, 5.74) is 1.02. The first-order valence-corrected chi connectivity index (χ1v) is 7.69. The van der Waals surface area contributed by atoms with E-state index in [0.29, 0.717) is 6.04 Å². The van der Waals surface area contributed by atoms with Crippen molar-refractivity contribution < 1.29 is 9.90 Å². The molecule has 0 aliphatic rings. The molecule has 20 heavy (non-hydrogen) atoms. The molecular weight excluding hydrogens is 272 g/mol. The van der Waals surface area contributed by atoms with E-state index in [4.69, 9.17) is 5.11 Å². The SMILES string of the molecule is CC(CCCC(C)C(=O)O)Nc1snc2ccccc12. The molecule has 4 nitrogen and oxygen atoms in total. The summed E-state index contributed by atoms with van der Waals surface area (Å²) in [7, 11) is 0. The van der Waals surface area contributed by atoms with Crippen LogP contribution in [-0.2, 0) is 4.79 Å². The minimum absolute atomic E-state index is 0.258. The van der Waals surface area contributed by atoms with Crippen LogP contribution in [0.3, 0.4) is 0 Å². The van der Waals surface area contributed by atoms with Gasteiger partial charge in [0.15, 0.2) is 0 Å². The molecule has 1 aromatic carbocycles. The lowest BCUT2D eigenvalue weighted by Crippen LogP contribution is -2.16. The number of fused-ring (bicyclic) bond motifs is 1. The Morgan fingerprint density at radius 3 is 2.85 bits per heavy atom. The second kappa shape index (κ2) is 6.70. The van der Waals surface area contributed by atoms with Crippen molar-refractivity contribution in [3.05, 3.63) is 24.3 Å². The number of nitrogens with one attached hydrogen (secondary N) is 1. The molecule has 1 heterocycles. The summed E-state index contributed by atoms with van der Waals surface area (Å²) >= 11 is 1.48. The van der Waals surface area contributed by atoms with Gasteiger partial charge in [-0.1, -0.05) is 25.5 Å². The average molecular weight is 292 g/mol. The van der Waals surface area contributed by atoms with E-state index < -0.39 is 5.97 Å². The second-order valence-corrected chi connectivity index (χ2v) is 6.02. The normalized spacial score (nSPS) is 14.1. The summed E-state index contributed by atoms with van der Waals surface area (Å²) in [6.45, 7) is 3.89. The fourth-order valence-corrected chi connectivity index (χ4v) is 3.02. The molecule has 2 aromatic rings. The van der Waals surface area contributed by atoms with Crippen molar-refractivity contribution in [3.63, 3.8) is 0 Å². The van der Waals surface area contributed by atoms with Crippen molar-refractivity contribution in [1.82, 2.24) is 4.37 Å². The topological polar surface area (TPSA) is 62.2 Å². The van der Waals surface area contributed by atoms with E-state index >= 15 is 0 Å². The highest BCUT2D eigenvalue weighted by atomic mass is 32.1. The molecule has 1 aromatic heterocycles. The van der Waals surface area contributed by atoms with Crippen molar-refractivity contribution in [1.29, 1.82) is 0 Å². The number of aliphatic carboxylic acids is 1. The van der Waals surface area contributed by atoms with Crippen molar-refractivity contribution >= 4 is 33.4 Å². The van der Waals surface area contributed by atoms with Gasteiger partial charge in [-0.15, -0.1) is 0 Å². The minimum atomic E-state index is -0.709. The quantitative estimate of drug-likeness (QED) is 0.810. The average Bonchev–Trinajstić information content (AvgIpc) is 2.82. The third-order valence-corrected chi connectivity index (χ3v) is 4.27. The summed E-state index contributed by atoms with van der Waals surface area (Å²) in [6.07, 6.45) is 2.60. The number of hydrogen-bond acceptors (Lipinski definition) is 4. The lowest BCUT2D eigenvalue weighted by Gasteiger charge is -2.14. The molecule has 5 heteroatoms. The van der Waals surface area contributed by atoms with Crippen LogP contribution >= 0.6 is 11.5 Å². The van der Waals surface area contributed by atoms with Gasteiger partial charge in [0.2, 0.25) is 0 Å². The third kappa shape index (κ3) is 3.70. The van der Waals surface area contributed by atoms with Gasteiger partial charge in [0, 0.05) is 11.4 Å². The van der Waals surface area contributed by atoms with E-state index in [-0.39, 0.29) is 5.92 Å². The van der Waals surface area contributed by atoms with Crippen LogP contribution in [-0.4, -0.2) is 21.5 Å². The van der Waals surface area contributed by atoms with Gasteiger partial charge >= 0.3 is 5.97 Å². The maximum atomic E-state index is 10.8. The number of nitrogens with zero attached hydrogens (tertiary/aromatic N) is 1. The van der Waals surface area contributed by atoms with Crippen LogP contribution in [0.1, 0.15) is 33.1 Å². The number of rotatable bonds is 7. The largest absolute Gasteiger partial charge is 0.481 e. The number of hydrogen-bond donors (Lipinski definition) is 2. The standard InChI is InChI=1S/C15H20N2O2S/c1-10(15(18)19)6-5-7-11(2)16-14-12-8-3-4-9-13(12)17-20-14/h3-4,8-11,16H,5-7H2,1-2H3,(H,18,19). The van der Waals surface area contributed by atoms with Crippen LogP contribution < -0.4 is 5.32 Å². The van der Waals surface area contributed by atoms with Gasteiger partial charge in [-0.2, -0.15) is 4.37 Å². The molecule has 0 spiro atoms.